The maximum Gasteiger partial charge on any atom is 0.248 e. The van der Waals surface area contributed by atoms with E-state index in [2.05, 4.69) is 30.4 Å². The molecule has 0 fully saturated rings. The minimum Gasteiger partial charge on any atom is -0.324 e. The Morgan fingerprint density at radius 2 is 2.00 bits per heavy atom. The number of amides is 1. The molecule has 0 saturated heterocycles. The summed E-state index contributed by atoms with van der Waals surface area (Å²) in [7, 11) is 0. The number of rotatable bonds is 3. The second-order valence-electron chi connectivity index (χ2n) is 5.69. The van der Waals surface area contributed by atoms with E-state index in [0.29, 0.717) is 17.3 Å². The zero-order valence-electron chi connectivity index (χ0n) is 13.4. The van der Waals surface area contributed by atoms with Gasteiger partial charge in [-0.2, -0.15) is 10.1 Å². The summed E-state index contributed by atoms with van der Waals surface area (Å²) in [6, 6.07) is 6.98. The number of pyridine rings is 2. The molecule has 0 radical (unpaired) electrons. The molecule has 1 aliphatic rings. The number of hydrogen-bond donors (Lipinski definition) is 1. The van der Waals surface area contributed by atoms with Crippen LogP contribution in [0.25, 0.3) is 0 Å². The summed E-state index contributed by atoms with van der Waals surface area (Å²) in [5.41, 5.74) is 2.24. The highest BCUT2D eigenvalue weighted by Gasteiger charge is 2.38. The van der Waals surface area contributed by atoms with E-state index in [1.165, 1.54) is 6.33 Å². The van der Waals surface area contributed by atoms with Crippen LogP contribution in [0.3, 0.4) is 0 Å². The Labute approximate surface area is 143 Å². The van der Waals surface area contributed by atoms with Gasteiger partial charge in [-0.05, 0) is 36.8 Å². The van der Waals surface area contributed by atoms with Crippen LogP contribution < -0.4 is 5.32 Å². The average molecular weight is 333 g/mol. The number of nitrogens with one attached hydrogen (secondary N) is 1. The predicted molar refractivity (Wildman–Crippen MR) is 91.5 cm³/mol. The number of fused-ring (bicyclic) bond motifs is 1. The zero-order chi connectivity index (χ0) is 17.2. The quantitative estimate of drug-likeness (QED) is 0.791. The predicted octanol–water partition coefficient (Wildman–Crippen LogP) is 2.02. The molecule has 0 spiro atoms. The molecule has 124 valence electrons. The lowest BCUT2D eigenvalue weighted by Crippen LogP contribution is -2.39. The van der Waals surface area contributed by atoms with Crippen LogP contribution in [0.4, 0.5) is 11.6 Å². The van der Waals surface area contributed by atoms with Crippen LogP contribution >= 0.6 is 0 Å². The first kappa shape index (κ1) is 15.1. The van der Waals surface area contributed by atoms with Gasteiger partial charge < -0.3 is 5.32 Å². The first-order valence-electron chi connectivity index (χ1n) is 7.79. The molecule has 1 amide bonds. The second kappa shape index (κ2) is 6.23. The van der Waals surface area contributed by atoms with E-state index in [1.807, 2.05) is 19.1 Å². The van der Waals surface area contributed by atoms with Crippen molar-refractivity contribution >= 4 is 23.3 Å². The fourth-order valence-electron chi connectivity index (χ4n) is 3.00. The van der Waals surface area contributed by atoms with Crippen LogP contribution in [-0.2, 0) is 4.79 Å². The fourth-order valence-corrected chi connectivity index (χ4v) is 3.00. The lowest BCUT2D eigenvalue weighted by Gasteiger charge is -2.30. The molecule has 0 aliphatic carbocycles. The minimum atomic E-state index is -0.517. The van der Waals surface area contributed by atoms with Gasteiger partial charge in [0.15, 0.2) is 0 Å². The molecule has 2 unspecified atom stereocenters. The third kappa shape index (κ3) is 2.78. The third-order valence-electron chi connectivity index (χ3n) is 4.12. The lowest BCUT2D eigenvalue weighted by atomic mass is 9.88. The van der Waals surface area contributed by atoms with Gasteiger partial charge in [0.2, 0.25) is 11.9 Å². The van der Waals surface area contributed by atoms with E-state index in [-0.39, 0.29) is 11.9 Å². The summed E-state index contributed by atoms with van der Waals surface area (Å²) in [6.45, 7) is 1.83. The van der Waals surface area contributed by atoms with Crippen molar-refractivity contribution in [1.82, 2.24) is 24.7 Å². The molecule has 4 heterocycles. The number of carbonyl (C=O) groups is 1. The highest BCUT2D eigenvalue weighted by atomic mass is 16.2. The van der Waals surface area contributed by atoms with Crippen molar-refractivity contribution in [3.8, 4) is 0 Å². The Kier molecular flexibility index (Phi) is 3.77. The topological polar surface area (TPSA) is 98.0 Å². The van der Waals surface area contributed by atoms with Gasteiger partial charge in [-0.1, -0.05) is 0 Å². The molecule has 0 aromatic carbocycles. The van der Waals surface area contributed by atoms with Crippen molar-refractivity contribution in [3.05, 3.63) is 60.9 Å². The molecule has 8 heteroatoms. The maximum absolute atomic E-state index is 13.0. The van der Waals surface area contributed by atoms with Gasteiger partial charge in [-0.25, -0.2) is 9.67 Å². The average Bonchev–Trinajstić information content (AvgIpc) is 3.10. The van der Waals surface area contributed by atoms with E-state index in [1.54, 1.807) is 41.6 Å². The monoisotopic (exact) mass is 333 g/mol. The second-order valence-corrected chi connectivity index (χ2v) is 5.69. The number of nitrogens with zero attached hydrogens (tertiary/aromatic N) is 6. The smallest absolute Gasteiger partial charge is 0.248 e. The van der Waals surface area contributed by atoms with Crippen LogP contribution in [0, 0.1) is 5.92 Å². The van der Waals surface area contributed by atoms with Gasteiger partial charge in [0.1, 0.15) is 12.2 Å². The largest absolute Gasteiger partial charge is 0.324 e. The van der Waals surface area contributed by atoms with Crippen molar-refractivity contribution < 1.29 is 4.79 Å². The zero-order valence-corrected chi connectivity index (χ0v) is 13.4. The Hall–Kier alpha value is -3.42. The maximum atomic E-state index is 13.0. The molecule has 3 aromatic heterocycles. The summed E-state index contributed by atoms with van der Waals surface area (Å²) in [6.07, 6.45) is 8.11. The minimum absolute atomic E-state index is 0.169. The van der Waals surface area contributed by atoms with Crippen molar-refractivity contribution in [3.63, 3.8) is 0 Å². The van der Waals surface area contributed by atoms with Crippen LogP contribution in [0.5, 0.6) is 0 Å². The molecule has 1 aliphatic heterocycles. The van der Waals surface area contributed by atoms with Gasteiger partial charge >= 0.3 is 0 Å². The Morgan fingerprint density at radius 1 is 1.16 bits per heavy atom. The van der Waals surface area contributed by atoms with Crippen LogP contribution in [0.2, 0.25) is 0 Å². The Morgan fingerprint density at radius 3 is 2.76 bits per heavy atom. The number of aliphatic imine (C=N–C) groups is 1. The van der Waals surface area contributed by atoms with Gasteiger partial charge in [0, 0.05) is 24.3 Å². The summed E-state index contributed by atoms with van der Waals surface area (Å²) in [5, 5.41) is 7.18. The Bertz CT molecular complexity index is 920. The summed E-state index contributed by atoms with van der Waals surface area (Å²) < 4.78 is 1.68. The van der Waals surface area contributed by atoms with E-state index < -0.39 is 5.92 Å². The number of hydrogen-bond acceptors (Lipinski definition) is 6. The van der Waals surface area contributed by atoms with Crippen LogP contribution in [0.15, 0.2) is 60.4 Å². The fraction of sp³-hybridized carbons (Fsp3) is 0.176. The van der Waals surface area contributed by atoms with Gasteiger partial charge in [-0.3, -0.25) is 14.8 Å². The van der Waals surface area contributed by atoms with Crippen molar-refractivity contribution in [1.29, 1.82) is 0 Å². The molecule has 1 N–H and O–H groups in total. The molecule has 0 saturated carbocycles. The summed E-state index contributed by atoms with van der Waals surface area (Å²) in [4.78, 5) is 29.7. The van der Waals surface area contributed by atoms with Gasteiger partial charge in [-0.15, -0.1) is 0 Å². The molecule has 25 heavy (non-hydrogen) atoms. The molecular weight excluding hydrogens is 318 g/mol. The molecule has 0 bridgehead atoms. The van der Waals surface area contributed by atoms with Crippen molar-refractivity contribution in [2.75, 3.05) is 5.32 Å². The van der Waals surface area contributed by atoms with Crippen LogP contribution in [-0.4, -0.2) is 36.4 Å². The SMILES string of the molecule is CC1=Nc2ncnn2C(c2ccncc2)C1C(=O)Nc1cccnc1. The van der Waals surface area contributed by atoms with Gasteiger partial charge in [0.05, 0.1) is 17.9 Å². The number of anilines is 1. The van der Waals surface area contributed by atoms with Crippen molar-refractivity contribution in [2.24, 2.45) is 10.9 Å². The van der Waals surface area contributed by atoms with Crippen LogP contribution in [0.1, 0.15) is 18.5 Å². The normalized spacial score (nSPS) is 19.0. The van der Waals surface area contributed by atoms with Crippen molar-refractivity contribution in [2.45, 2.75) is 13.0 Å². The van der Waals surface area contributed by atoms with E-state index in [0.717, 1.165) is 5.56 Å². The highest BCUT2D eigenvalue weighted by molar-refractivity contribution is 6.10. The van der Waals surface area contributed by atoms with E-state index in [4.69, 9.17) is 0 Å². The van der Waals surface area contributed by atoms with Gasteiger partial charge in [0.25, 0.3) is 0 Å². The standard InChI is InChI=1S/C17H15N7O/c1-11-14(16(25)23-13-3-2-6-19-9-13)15(12-4-7-18-8-5-12)24-17(22-11)20-10-21-24/h2-10,14-15H,1H3,(H,23,25). The molecule has 2 atom stereocenters. The molecular formula is C17H15N7O. The molecule has 8 nitrogen and oxygen atoms in total. The first-order valence-corrected chi connectivity index (χ1v) is 7.79. The number of aromatic nitrogens is 5. The molecule has 4 rings (SSSR count). The number of carbonyl (C=O) groups excluding carboxylic acids is 1. The first-order chi connectivity index (χ1) is 12.2. The van der Waals surface area contributed by atoms with E-state index in [9.17, 15) is 4.79 Å². The Balaban J connectivity index is 1.75. The summed E-state index contributed by atoms with van der Waals surface area (Å²) >= 11 is 0. The lowest BCUT2D eigenvalue weighted by molar-refractivity contribution is -0.118. The third-order valence-corrected chi connectivity index (χ3v) is 4.12. The summed E-state index contributed by atoms with van der Waals surface area (Å²) in [5.74, 6) is -0.196. The van der Waals surface area contributed by atoms with E-state index >= 15 is 0 Å². The highest BCUT2D eigenvalue weighted by Crippen LogP contribution is 2.35. The molecule has 3 aromatic rings.